The number of hydrogen-bond donors (Lipinski definition) is 2. The molecule has 1 aliphatic carbocycles. The number of rotatable bonds is 11. The lowest BCUT2D eigenvalue weighted by Gasteiger charge is -2.24. The van der Waals surface area contributed by atoms with Crippen LogP contribution >= 0.6 is 0 Å². The van der Waals surface area contributed by atoms with Crippen LogP contribution in [0.3, 0.4) is 0 Å². The molecule has 4 aromatic rings. The summed E-state index contributed by atoms with van der Waals surface area (Å²) >= 11 is 0. The minimum absolute atomic E-state index is 0. The molecule has 0 saturated carbocycles. The molecule has 48 heavy (non-hydrogen) atoms. The van der Waals surface area contributed by atoms with Gasteiger partial charge in [0.2, 0.25) is 0 Å². The van der Waals surface area contributed by atoms with E-state index in [9.17, 15) is 25.9 Å². The second kappa shape index (κ2) is 15.5. The standard InChI is InChI=1S/C37H36N2O6S2.H2O/c1-3-38(26-28-11-7-5-8-12-28)32-19-15-30(16-20-32)37(35-24-23-34(46(40,41)42)25-36(35)47(43,44)45)31-17-21-33(22-18-31)39(4-2)27-29-13-9-6-10-14-29;/h5-25H,3-4,26-27H2,1-2H3,(H-,40,41,42,43,44,45);1H2. The molecule has 0 unspecified atom stereocenters. The third kappa shape index (κ3) is 8.62. The first-order valence-corrected chi connectivity index (χ1v) is 18.1. The predicted molar refractivity (Wildman–Crippen MR) is 188 cm³/mol. The molecule has 0 aromatic heterocycles. The minimum atomic E-state index is -4.91. The van der Waals surface area contributed by atoms with Crippen molar-refractivity contribution in [2.24, 2.45) is 0 Å². The summed E-state index contributed by atoms with van der Waals surface area (Å²) in [6, 6.07) is 31.1. The highest BCUT2D eigenvalue weighted by Gasteiger charge is 2.25. The van der Waals surface area contributed by atoms with Crippen molar-refractivity contribution in [3.8, 4) is 0 Å². The molecule has 0 aliphatic heterocycles. The Labute approximate surface area is 282 Å². The normalized spacial score (nSPS) is 12.8. The number of allylic oxidation sites excluding steroid dienone is 5. The van der Waals surface area contributed by atoms with Crippen LogP contribution in [0.1, 0.15) is 36.1 Å². The van der Waals surface area contributed by atoms with Crippen molar-refractivity contribution in [1.29, 1.82) is 0 Å². The van der Waals surface area contributed by atoms with Gasteiger partial charge < -0.3 is 10.4 Å². The Hall–Kier alpha value is -4.65. The molecule has 0 fully saturated rings. The fourth-order valence-electron chi connectivity index (χ4n) is 5.62. The van der Waals surface area contributed by atoms with Gasteiger partial charge in [0.05, 0.1) is 4.90 Å². The summed E-state index contributed by atoms with van der Waals surface area (Å²) in [5.74, 6) is 0. The molecule has 0 bridgehead atoms. The average Bonchev–Trinajstić information content (AvgIpc) is 3.07. The lowest BCUT2D eigenvalue weighted by Crippen LogP contribution is -2.21. The average molecular weight is 687 g/mol. The molecule has 9 nitrogen and oxygen atoms in total. The van der Waals surface area contributed by atoms with Gasteiger partial charge in [-0.25, -0.2) is 4.58 Å². The van der Waals surface area contributed by atoms with Gasteiger partial charge in [0.25, 0.3) is 20.2 Å². The van der Waals surface area contributed by atoms with E-state index in [0.29, 0.717) is 29.8 Å². The van der Waals surface area contributed by atoms with Crippen LogP contribution in [-0.2, 0) is 33.3 Å². The molecule has 4 aromatic carbocycles. The molecule has 250 valence electrons. The summed E-state index contributed by atoms with van der Waals surface area (Å²) in [5, 5.41) is 0. The van der Waals surface area contributed by atoms with Gasteiger partial charge in [-0.1, -0.05) is 78.9 Å². The van der Waals surface area contributed by atoms with Crippen LogP contribution in [0.2, 0.25) is 0 Å². The van der Waals surface area contributed by atoms with Crippen LogP contribution in [0.4, 0.5) is 5.69 Å². The van der Waals surface area contributed by atoms with E-state index in [2.05, 4.69) is 47.6 Å². The van der Waals surface area contributed by atoms with Gasteiger partial charge in [-0.05, 0) is 72.5 Å². The van der Waals surface area contributed by atoms with E-state index in [-0.39, 0.29) is 11.0 Å². The van der Waals surface area contributed by atoms with Gasteiger partial charge in [-0.15, -0.1) is 0 Å². The van der Waals surface area contributed by atoms with Crippen LogP contribution in [0.15, 0.2) is 143 Å². The summed E-state index contributed by atoms with van der Waals surface area (Å²) in [6.07, 6.45) is 7.66. The first kappa shape index (κ1) is 36.2. The lowest BCUT2D eigenvalue weighted by atomic mass is 9.90. The van der Waals surface area contributed by atoms with Crippen LogP contribution in [0.25, 0.3) is 5.57 Å². The maximum absolute atomic E-state index is 12.7. The first-order valence-electron chi connectivity index (χ1n) is 15.2. The highest BCUT2D eigenvalue weighted by molar-refractivity contribution is 7.86. The van der Waals surface area contributed by atoms with E-state index < -0.39 is 30.0 Å². The van der Waals surface area contributed by atoms with Crippen LogP contribution in [-0.4, -0.2) is 54.8 Å². The fourth-order valence-corrected chi connectivity index (χ4v) is 6.92. The molecule has 1 aliphatic rings. The smallest absolute Gasteiger partial charge is 0.295 e. The molecular formula is C37H38N2O7S2. The van der Waals surface area contributed by atoms with Crippen molar-refractivity contribution in [3.05, 3.63) is 155 Å². The van der Waals surface area contributed by atoms with E-state index in [4.69, 9.17) is 0 Å². The van der Waals surface area contributed by atoms with Gasteiger partial charge in [0, 0.05) is 42.1 Å². The summed E-state index contributed by atoms with van der Waals surface area (Å²) < 4.78 is 71.3. The van der Waals surface area contributed by atoms with Crippen molar-refractivity contribution in [3.63, 3.8) is 0 Å². The van der Waals surface area contributed by atoms with Crippen molar-refractivity contribution in [2.75, 3.05) is 18.0 Å². The Morgan fingerprint density at radius 2 is 1.29 bits per heavy atom. The molecule has 0 amide bonds. The number of anilines is 1. The van der Waals surface area contributed by atoms with Crippen molar-refractivity contribution in [2.45, 2.75) is 36.7 Å². The highest BCUT2D eigenvalue weighted by atomic mass is 32.2. The zero-order valence-electron chi connectivity index (χ0n) is 26.6. The molecule has 0 heterocycles. The molecule has 0 atom stereocenters. The lowest BCUT2D eigenvalue weighted by molar-refractivity contribution is -0.539. The molecule has 5 rings (SSSR count). The second-order valence-corrected chi connectivity index (χ2v) is 13.9. The highest BCUT2D eigenvalue weighted by Crippen LogP contribution is 2.36. The second-order valence-electron chi connectivity index (χ2n) is 11.1. The largest absolute Gasteiger partial charge is 0.870 e. The third-order valence-corrected chi connectivity index (χ3v) is 9.78. The van der Waals surface area contributed by atoms with E-state index in [0.717, 1.165) is 47.7 Å². The molecule has 11 heteroatoms. The Kier molecular flexibility index (Phi) is 11.7. The van der Waals surface area contributed by atoms with E-state index in [1.807, 2.05) is 85.0 Å². The molecule has 3 N–H and O–H groups in total. The van der Waals surface area contributed by atoms with Gasteiger partial charge in [0.1, 0.15) is 11.4 Å². The van der Waals surface area contributed by atoms with Gasteiger partial charge in [-0.3, -0.25) is 9.11 Å². The SMILES string of the molecule is CCN(Cc1ccccc1)c1ccc(C(=C2C=CC(=[N+](CC)Cc3ccccc3)C=C2)c2ccc(S(=O)(=O)O)cc2S(=O)(=O)O)cc1.[OH-]. The van der Waals surface area contributed by atoms with Crippen LogP contribution in [0, 0.1) is 0 Å². The minimum Gasteiger partial charge on any atom is -0.870 e. The maximum atomic E-state index is 12.7. The first-order chi connectivity index (χ1) is 22.5. The Bertz CT molecular complexity index is 2070. The van der Waals surface area contributed by atoms with Crippen molar-refractivity contribution in [1.82, 2.24) is 0 Å². The Morgan fingerprint density at radius 3 is 1.81 bits per heavy atom. The summed E-state index contributed by atoms with van der Waals surface area (Å²) in [5.41, 5.74) is 6.11. The third-order valence-electron chi connectivity index (χ3n) is 8.04. The van der Waals surface area contributed by atoms with Crippen LogP contribution < -0.4 is 4.90 Å². The Balaban J connectivity index is 0.00000520. The zero-order valence-corrected chi connectivity index (χ0v) is 28.3. The van der Waals surface area contributed by atoms with E-state index in [1.54, 1.807) is 0 Å². The van der Waals surface area contributed by atoms with Crippen LogP contribution in [0.5, 0.6) is 0 Å². The van der Waals surface area contributed by atoms with E-state index in [1.165, 1.54) is 6.07 Å². The zero-order chi connectivity index (χ0) is 33.6. The molecular weight excluding hydrogens is 649 g/mol. The summed E-state index contributed by atoms with van der Waals surface area (Å²) in [4.78, 5) is 0.941. The monoisotopic (exact) mass is 686 g/mol. The van der Waals surface area contributed by atoms with Crippen molar-refractivity contribution >= 4 is 37.2 Å². The summed E-state index contributed by atoms with van der Waals surface area (Å²) in [6.45, 7) is 7.07. The quantitative estimate of drug-likeness (QED) is 0.132. The van der Waals surface area contributed by atoms with Crippen molar-refractivity contribution < 1.29 is 36.0 Å². The molecule has 0 saturated heterocycles. The summed E-state index contributed by atoms with van der Waals surface area (Å²) in [7, 11) is -9.65. The predicted octanol–water partition coefficient (Wildman–Crippen LogP) is 6.63. The molecule has 0 radical (unpaired) electrons. The van der Waals surface area contributed by atoms with Gasteiger partial charge in [-0.2, -0.15) is 16.8 Å². The fraction of sp³-hybridized carbons (Fsp3) is 0.162. The topological polar surface area (TPSA) is 145 Å². The number of benzene rings is 4. The van der Waals surface area contributed by atoms with Gasteiger partial charge in [0.15, 0.2) is 12.3 Å². The van der Waals surface area contributed by atoms with Gasteiger partial charge >= 0.3 is 0 Å². The maximum Gasteiger partial charge on any atom is 0.295 e. The Morgan fingerprint density at radius 1 is 0.708 bits per heavy atom. The number of hydrogen-bond acceptors (Lipinski definition) is 6. The molecule has 0 spiro atoms. The number of nitrogens with zero attached hydrogens (tertiary/aromatic N) is 2. The van der Waals surface area contributed by atoms with E-state index >= 15 is 0 Å².